The zero-order valence-electron chi connectivity index (χ0n) is 14.9. The fraction of sp³-hybridized carbons (Fsp3) is 0.333. The molecular weight excluding hydrogens is 336 g/mol. The highest BCUT2D eigenvalue weighted by atomic mass is 16.6. The van der Waals surface area contributed by atoms with Crippen LogP contribution in [-0.4, -0.2) is 33.0 Å². The molecule has 0 radical (unpaired) electrons. The predicted octanol–water partition coefficient (Wildman–Crippen LogP) is 2.69. The first-order valence-electron chi connectivity index (χ1n) is 8.19. The number of aromatic nitrogens is 4. The molecule has 0 aliphatic rings. The molecule has 136 valence electrons. The second-order valence-corrected chi connectivity index (χ2v) is 5.80. The number of hydrogen-bond acceptors (Lipinski definition) is 7. The van der Waals surface area contributed by atoms with Gasteiger partial charge in [0.25, 0.3) is 5.89 Å². The lowest BCUT2D eigenvalue weighted by Crippen LogP contribution is -2.11. The Morgan fingerprint density at radius 2 is 2.12 bits per heavy atom. The Hall–Kier alpha value is -3.16. The number of rotatable bonds is 7. The standard InChI is InChI=1S/C18H20N4O4/c1-12-9-13(2)22(20-12)8-7-17(23)25-11-16-19-18(21-26-16)14-5-4-6-15(10-14)24-3/h4-6,9-10H,7-8,11H2,1-3H3. The molecule has 3 rings (SSSR count). The molecular formula is C18H20N4O4. The number of nitrogens with zero attached hydrogens (tertiary/aromatic N) is 4. The van der Waals surface area contributed by atoms with Gasteiger partial charge in [-0.05, 0) is 32.0 Å². The highest BCUT2D eigenvalue weighted by molar-refractivity contribution is 5.69. The number of ether oxygens (including phenoxy) is 2. The molecule has 8 nitrogen and oxygen atoms in total. The van der Waals surface area contributed by atoms with E-state index in [2.05, 4.69) is 15.2 Å². The van der Waals surface area contributed by atoms with E-state index in [0.29, 0.717) is 18.1 Å². The summed E-state index contributed by atoms with van der Waals surface area (Å²) in [4.78, 5) is 16.1. The third kappa shape index (κ3) is 4.27. The summed E-state index contributed by atoms with van der Waals surface area (Å²) < 4.78 is 17.3. The van der Waals surface area contributed by atoms with Crippen LogP contribution in [0.4, 0.5) is 0 Å². The van der Waals surface area contributed by atoms with Crippen molar-refractivity contribution in [2.24, 2.45) is 0 Å². The third-order valence-electron chi connectivity index (χ3n) is 3.78. The van der Waals surface area contributed by atoms with E-state index >= 15 is 0 Å². The van der Waals surface area contributed by atoms with Crippen LogP contribution in [-0.2, 0) is 22.7 Å². The van der Waals surface area contributed by atoms with Crippen molar-refractivity contribution < 1.29 is 18.8 Å². The van der Waals surface area contributed by atoms with Gasteiger partial charge in [-0.1, -0.05) is 17.3 Å². The molecule has 0 bridgehead atoms. The second kappa shape index (κ2) is 7.81. The van der Waals surface area contributed by atoms with E-state index in [9.17, 15) is 4.79 Å². The third-order valence-corrected chi connectivity index (χ3v) is 3.78. The minimum Gasteiger partial charge on any atom is -0.497 e. The summed E-state index contributed by atoms with van der Waals surface area (Å²) in [5, 5.41) is 8.21. The van der Waals surface area contributed by atoms with Gasteiger partial charge in [0.15, 0.2) is 6.61 Å². The summed E-state index contributed by atoms with van der Waals surface area (Å²) >= 11 is 0. The van der Waals surface area contributed by atoms with Gasteiger partial charge >= 0.3 is 5.97 Å². The number of carbonyl (C=O) groups is 1. The van der Waals surface area contributed by atoms with E-state index in [1.54, 1.807) is 17.9 Å². The molecule has 0 N–H and O–H groups in total. The monoisotopic (exact) mass is 356 g/mol. The average Bonchev–Trinajstić information content (AvgIpc) is 3.24. The molecule has 0 saturated heterocycles. The van der Waals surface area contributed by atoms with Crippen molar-refractivity contribution in [3.05, 3.63) is 47.6 Å². The van der Waals surface area contributed by atoms with E-state index in [1.807, 2.05) is 38.1 Å². The Morgan fingerprint density at radius 1 is 1.27 bits per heavy atom. The highest BCUT2D eigenvalue weighted by Gasteiger charge is 2.12. The van der Waals surface area contributed by atoms with Crippen LogP contribution in [0.1, 0.15) is 23.7 Å². The molecule has 0 atom stereocenters. The first kappa shape index (κ1) is 17.7. The van der Waals surface area contributed by atoms with E-state index in [-0.39, 0.29) is 24.9 Å². The van der Waals surface area contributed by atoms with E-state index in [1.165, 1.54) is 0 Å². The summed E-state index contributed by atoms with van der Waals surface area (Å²) in [6.07, 6.45) is 0.221. The lowest BCUT2D eigenvalue weighted by Gasteiger charge is -2.04. The molecule has 0 fully saturated rings. The molecule has 0 amide bonds. The van der Waals surface area contributed by atoms with Crippen LogP contribution in [0.15, 0.2) is 34.9 Å². The smallest absolute Gasteiger partial charge is 0.308 e. The zero-order chi connectivity index (χ0) is 18.5. The average molecular weight is 356 g/mol. The molecule has 0 aliphatic heterocycles. The lowest BCUT2D eigenvalue weighted by atomic mass is 10.2. The summed E-state index contributed by atoms with van der Waals surface area (Å²) in [6, 6.07) is 9.27. The Balaban J connectivity index is 1.52. The molecule has 8 heteroatoms. The molecule has 0 unspecified atom stereocenters. The summed E-state index contributed by atoms with van der Waals surface area (Å²) in [5.74, 6) is 1.00. The molecule has 3 aromatic rings. The van der Waals surface area contributed by atoms with Crippen molar-refractivity contribution in [1.29, 1.82) is 0 Å². The van der Waals surface area contributed by atoms with Crippen molar-refractivity contribution in [3.8, 4) is 17.1 Å². The van der Waals surface area contributed by atoms with Crippen LogP contribution in [0.5, 0.6) is 5.75 Å². The fourth-order valence-corrected chi connectivity index (χ4v) is 2.51. The Morgan fingerprint density at radius 3 is 2.85 bits per heavy atom. The number of carbonyl (C=O) groups excluding carboxylic acids is 1. The minimum atomic E-state index is -0.348. The summed E-state index contributed by atoms with van der Waals surface area (Å²) in [6.45, 7) is 4.27. The predicted molar refractivity (Wildman–Crippen MR) is 92.4 cm³/mol. The topological polar surface area (TPSA) is 92.3 Å². The second-order valence-electron chi connectivity index (χ2n) is 5.80. The van der Waals surface area contributed by atoms with E-state index < -0.39 is 0 Å². The maximum atomic E-state index is 11.9. The van der Waals surface area contributed by atoms with Gasteiger partial charge in [-0.3, -0.25) is 9.48 Å². The van der Waals surface area contributed by atoms with Gasteiger partial charge in [0.1, 0.15) is 5.75 Å². The largest absolute Gasteiger partial charge is 0.497 e. The van der Waals surface area contributed by atoms with Crippen molar-refractivity contribution in [1.82, 2.24) is 19.9 Å². The molecule has 1 aromatic carbocycles. The van der Waals surface area contributed by atoms with Crippen molar-refractivity contribution in [3.63, 3.8) is 0 Å². The van der Waals surface area contributed by atoms with Gasteiger partial charge in [0, 0.05) is 11.3 Å². The van der Waals surface area contributed by atoms with Crippen molar-refractivity contribution in [2.75, 3.05) is 7.11 Å². The van der Waals surface area contributed by atoms with Gasteiger partial charge in [0.05, 0.1) is 25.8 Å². The number of esters is 1. The molecule has 0 saturated carbocycles. The quantitative estimate of drug-likeness (QED) is 0.601. The summed E-state index contributed by atoms with van der Waals surface area (Å²) in [5.41, 5.74) is 2.69. The number of benzene rings is 1. The lowest BCUT2D eigenvalue weighted by molar-refractivity contribution is -0.146. The maximum Gasteiger partial charge on any atom is 0.308 e. The van der Waals surface area contributed by atoms with Crippen LogP contribution < -0.4 is 4.74 Å². The normalized spacial score (nSPS) is 10.7. The molecule has 2 aromatic heterocycles. The van der Waals surface area contributed by atoms with Gasteiger partial charge < -0.3 is 14.0 Å². The SMILES string of the molecule is COc1cccc(-c2noc(COC(=O)CCn3nc(C)cc3C)n2)c1. The molecule has 26 heavy (non-hydrogen) atoms. The Bertz CT molecular complexity index is 900. The molecule has 0 spiro atoms. The first-order chi connectivity index (χ1) is 12.5. The van der Waals surface area contributed by atoms with Crippen LogP contribution in [0.3, 0.4) is 0 Å². The molecule has 0 aliphatic carbocycles. The highest BCUT2D eigenvalue weighted by Crippen LogP contribution is 2.21. The van der Waals surface area contributed by atoms with Gasteiger partial charge in [-0.15, -0.1) is 0 Å². The van der Waals surface area contributed by atoms with Crippen LogP contribution in [0.2, 0.25) is 0 Å². The Labute approximate surface area is 150 Å². The van der Waals surface area contributed by atoms with Gasteiger partial charge in [0.2, 0.25) is 5.82 Å². The first-order valence-corrected chi connectivity index (χ1v) is 8.19. The van der Waals surface area contributed by atoms with E-state index in [4.69, 9.17) is 14.0 Å². The minimum absolute atomic E-state index is 0.0626. The van der Waals surface area contributed by atoms with Gasteiger partial charge in [-0.2, -0.15) is 10.1 Å². The van der Waals surface area contributed by atoms with Crippen LogP contribution in [0, 0.1) is 13.8 Å². The van der Waals surface area contributed by atoms with Crippen LogP contribution in [0.25, 0.3) is 11.4 Å². The van der Waals surface area contributed by atoms with Crippen LogP contribution >= 0.6 is 0 Å². The number of methoxy groups -OCH3 is 1. The molecule has 2 heterocycles. The Kier molecular flexibility index (Phi) is 5.31. The van der Waals surface area contributed by atoms with Gasteiger partial charge in [-0.25, -0.2) is 0 Å². The summed E-state index contributed by atoms with van der Waals surface area (Å²) in [7, 11) is 1.59. The number of hydrogen-bond donors (Lipinski definition) is 0. The van der Waals surface area contributed by atoms with Crippen molar-refractivity contribution >= 4 is 5.97 Å². The van der Waals surface area contributed by atoms with Crippen molar-refractivity contribution in [2.45, 2.75) is 33.4 Å². The maximum absolute atomic E-state index is 11.9. The van der Waals surface area contributed by atoms with E-state index in [0.717, 1.165) is 17.0 Å². The number of aryl methyl sites for hydroxylation is 3. The fourth-order valence-electron chi connectivity index (χ4n) is 2.51. The zero-order valence-corrected chi connectivity index (χ0v) is 14.9.